The van der Waals surface area contributed by atoms with Gasteiger partial charge in [-0.25, -0.2) is 4.98 Å². The second-order valence-electron chi connectivity index (χ2n) is 7.71. The Kier molecular flexibility index (Phi) is 7.81. The van der Waals surface area contributed by atoms with Crippen molar-refractivity contribution < 1.29 is 9.59 Å². The predicted octanol–water partition coefficient (Wildman–Crippen LogP) is 4.61. The van der Waals surface area contributed by atoms with Gasteiger partial charge < -0.3 is 10.2 Å². The molecule has 1 aliphatic carbocycles. The van der Waals surface area contributed by atoms with Gasteiger partial charge in [-0.2, -0.15) is 0 Å². The molecule has 1 aliphatic rings. The van der Waals surface area contributed by atoms with Crippen molar-refractivity contribution in [2.45, 2.75) is 58.4 Å². The topological polar surface area (TPSA) is 62.3 Å². The molecular formula is C23H31N3O2S. The zero-order valence-corrected chi connectivity index (χ0v) is 18.2. The van der Waals surface area contributed by atoms with Gasteiger partial charge in [0.1, 0.15) is 10.7 Å². The van der Waals surface area contributed by atoms with E-state index in [1.807, 2.05) is 23.1 Å². The smallest absolute Gasteiger partial charge is 0.270 e. The van der Waals surface area contributed by atoms with Gasteiger partial charge in [-0.1, -0.05) is 57.0 Å². The van der Waals surface area contributed by atoms with E-state index in [4.69, 9.17) is 0 Å². The maximum atomic E-state index is 13.1. The largest absolute Gasteiger partial charge is 0.351 e. The highest BCUT2D eigenvalue weighted by Crippen LogP contribution is 2.48. The number of benzene rings is 1. The molecule has 2 atom stereocenters. The van der Waals surface area contributed by atoms with E-state index in [1.165, 1.54) is 16.9 Å². The standard InChI is InChI=1S/C23H31N3O2S/c1-3-5-12-24-22(27)20-16-29-21(25-20)15-26(13-6-4-2)23(28)19-14-18(19)17-10-8-7-9-11-17/h7-11,16,18-19H,3-6,12-15H2,1-2H3,(H,24,27)/t18-,19-/m0/s1. The first-order valence-electron chi connectivity index (χ1n) is 10.7. The van der Waals surface area contributed by atoms with Gasteiger partial charge in [-0.15, -0.1) is 11.3 Å². The zero-order chi connectivity index (χ0) is 20.6. The second-order valence-corrected chi connectivity index (χ2v) is 8.65. The lowest BCUT2D eigenvalue weighted by Crippen LogP contribution is -2.33. The van der Waals surface area contributed by atoms with Crippen LogP contribution in [0, 0.1) is 5.92 Å². The molecule has 2 amide bonds. The minimum absolute atomic E-state index is 0.0750. The molecule has 0 aliphatic heterocycles. The molecule has 1 heterocycles. The van der Waals surface area contributed by atoms with Crippen molar-refractivity contribution in [1.82, 2.24) is 15.2 Å². The molecule has 0 spiro atoms. The van der Waals surface area contributed by atoms with Gasteiger partial charge in [0.2, 0.25) is 5.91 Å². The highest BCUT2D eigenvalue weighted by molar-refractivity contribution is 7.09. The number of carbonyl (C=O) groups excluding carboxylic acids is 2. The normalized spacial score (nSPS) is 17.7. The lowest BCUT2D eigenvalue weighted by Gasteiger charge is -2.21. The van der Waals surface area contributed by atoms with Gasteiger partial charge in [-0.3, -0.25) is 9.59 Å². The van der Waals surface area contributed by atoms with Crippen molar-refractivity contribution in [3.63, 3.8) is 0 Å². The van der Waals surface area contributed by atoms with E-state index < -0.39 is 0 Å². The number of amides is 2. The molecule has 0 unspecified atom stereocenters. The maximum absolute atomic E-state index is 13.1. The average molecular weight is 414 g/mol. The first-order valence-corrected chi connectivity index (χ1v) is 11.6. The molecule has 1 saturated carbocycles. The zero-order valence-electron chi connectivity index (χ0n) is 17.4. The van der Waals surface area contributed by atoms with E-state index in [9.17, 15) is 9.59 Å². The van der Waals surface area contributed by atoms with Gasteiger partial charge in [0, 0.05) is 24.4 Å². The van der Waals surface area contributed by atoms with Crippen LogP contribution in [0.15, 0.2) is 35.7 Å². The van der Waals surface area contributed by atoms with E-state index in [0.29, 0.717) is 24.7 Å². The molecule has 0 bridgehead atoms. The first-order chi connectivity index (χ1) is 14.1. The second kappa shape index (κ2) is 10.5. The summed E-state index contributed by atoms with van der Waals surface area (Å²) in [6.45, 7) is 6.13. The van der Waals surface area contributed by atoms with Crippen LogP contribution >= 0.6 is 11.3 Å². The molecule has 0 saturated heterocycles. The fraction of sp³-hybridized carbons (Fsp3) is 0.522. The molecule has 5 nitrogen and oxygen atoms in total. The maximum Gasteiger partial charge on any atom is 0.270 e. The summed E-state index contributed by atoms with van der Waals surface area (Å²) in [7, 11) is 0. The van der Waals surface area contributed by atoms with Crippen molar-refractivity contribution in [2.24, 2.45) is 5.92 Å². The SMILES string of the molecule is CCCCNC(=O)c1csc(CN(CCCC)C(=O)[C@H]2C[C@H]2c2ccccc2)n1. The monoisotopic (exact) mass is 413 g/mol. The number of thiazole rings is 1. The van der Waals surface area contributed by atoms with Crippen LogP contribution in [0.1, 0.15) is 72.9 Å². The summed E-state index contributed by atoms with van der Waals surface area (Å²) in [6, 6.07) is 10.3. The number of aromatic nitrogens is 1. The fourth-order valence-corrected chi connectivity index (χ4v) is 4.30. The van der Waals surface area contributed by atoms with Gasteiger partial charge in [0.05, 0.1) is 6.54 Å². The van der Waals surface area contributed by atoms with Crippen LogP contribution in [0.5, 0.6) is 0 Å². The summed E-state index contributed by atoms with van der Waals surface area (Å²) < 4.78 is 0. The molecule has 156 valence electrons. The molecule has 3 rings (SSSR count). The van der Waals surface area contributed by atoms with E-state index in [0.717, 1.165) is 43.7 Å². The van der Waals surface area contributed by atoms with Crippen molar-refractivity contribution in [1.29, 1.82) is 0 Å². The summed E-state index contributed by atoms with van der Waals surface area (Å²) in [5.41, 5.74) is 1.71. The van der Waals surface area contributed by atoms with E-state index >= 15 is 0 Å². The Hall–Kier alpha value is -2.21. The number of hydrogen-bond acceptors (Lipinski definition) is 4. The molecule has 1 N–H and O–H groups in total. The van der Waals surface area contributed by atoms with Crippen LogP contribution in [0.4, 0.5) is 0 Å². The fourth-order valence-electron chi connectivity index (χ4n) is 3.51. The molecule has 1 aromatic carbocycles. The first kappa shape index (κ1) is 21.5. The van der Waals surface area contributed by atoms with Crippen LogP contribution in [0.25, 0.3) is 0 Å². The van der Waals surface area contributed by atoms with Crippen LogP contribution in [-0.2, 0) is 11.3 Å². The van der Waals surface area contributed by atoms with Crippen molar-refractivity contribution in [3.05, 3.63) is 52.0 Å². The molecule has 6 heteroatoms. The number of nitrogens with zero attached hydrogens (tertiary/aromatic N) is 2. The van der Waals surface area contributed by atoms with Crippen LogP contribution in [0.2, 0.25) is 0 Å². The van der Waals surface area contributed by atoms with Gasteiger partial charge >= 0.3 is 0 Å². The molecule has 0 radical (unpaired) electrons. The average Bonchev–Trinajstić information content (AvgIpc) is 3.41. The molecule has 1 fully saturated rings. The molecule has 1 aromatic heterocycles. The highest BCUT2D eigenvalue weighted by atomic mass is 32.1. The third kappa shape index (κ3) is 5.89. The minimum Gasteiger partial charge on any atom is -0.351 e. The van der Waals surface area contributed by atoms with Crippen molar-refractivity contribution in [3.8, 4) is 0 Å². The van der Waals surface area contributed by atoms with Crippen molar-refractivity contribution >= 4 is 23.2 Å². The van der Waals surface area contributed by atoms with E-state index in [-0.39, 0.29) is 17.7 Å². The van der Waals surface area contributed by atoms with Crippen LogP contribution < -0.4 is 5.32 Å². The third-order valence-electron chi connectivity index (χ3n) is 5.36. The number of nitrogens with one attached hydrogen (secondary N) is 1. The molecule has 29 heavy (non-hydrogen) atoms. The van der Waals surface area contributed by atoms with Crippen LogP contribution in [-0.4, -0.2) is 34.8 Å². The Balaban J connectivity index is 1.61. The molecule has 2 aromatic rings. The number of carbonyl (C=O) groups is 2. The summed E-state index contributed by atoms with van der Waals surface area (Å²) >= 11 is 1.46. The number of unbranched alkanes of at least 4 members (excludes halogenated alkanes) is 2. The Bertz CT molecular complexity index is 805. The highest BCUT2D eigenvalue weighted by Gasteiger charge is 2.45. The van der Waals surface area contributed by atoms with Crippen LogP contribution in [0.3, 0.4) is 0 Å². The predicted molar refractivity (Wildman–Crippen MR) is 117 cm³/mol. The Morgan fingerprint density at radius 3 is 2.66 bits per heavy atom. The summed E-state index contributed by atoms with van der Waals surface area (Å²) in [5, 5.41) is 5.52. The lowest BCUT2D eigenvalue weighted by molar-refractivity contribution is -0.133. The number of rotatable bonds is 11. The van der Waals surface area contributed by atoms with E-state index in [2.05, 4.69) is 36.3 Å². The number of hydrogen-bond donors (Lipinski definition) is 1. The summed E-state index contributed by atoms with van der Waals surface area (Å²) in [6.07, 6.45) is 4.95. The lowest BCUT2D eigenvalue weighted by atomic mass is 10.1. The Labute approximate surface area is 177 Å². The summed E-state index contributed by atoms with van der Waals surface area (Å²) in [5.74, 6) is 0.505. The Morgan fingerprint density at radius 2 is 1.93 bits per heavy atom. The van der Waals surface area contributed by atoms with Gasteiger partial charge in [0.25, 0.3) is 5.91 Å². The minimum atomic E-state index is -0.126. The van der Waals surface area contributed by atoms with Crippen molar-refractivity contribution in [2.75, 3.05) is 13.1 Å². The van der Waals surface area contributed by atoms with Gasteiger partial charge in [0.15, 0.2) is 0 Å². The van der Waals surface area contributed by atoms with Gasteiger partial charge in [-0.05, 0) is 30.7 Å². The summed E-state index contributed by atoms with van der Waals surface area (Å²) in [4.78, 5) is 31.8. The Morgan fingerprint density at radius 1 is 1.17 bits per heavy atom. The third-order valence-corrected chi connectivity index (χ3v) is 6.19. The van der Waals surface area contributed by atoms with E-state index in [1.54, 1.807) is 5.38 Å². The quantitative estimate of drug-likeness (QED) is 0.548. The molecular weight excluding hydrogens is 382 g/mol.